The summed E-state index contributed by atoms with van der Waals surface area (Å²) in [7, 11) is 0. The van der Waals surface area contributed by atoms with Crippen LogP contribution < -0.4 is 19.7 Å². The van der Waals surface area contributed by atoms with Gasteiger partial charge in [-0.25, -0.2) is 0 Å². The molecular weight excluding hydrogens is 371 g/mol. The van der Waals surface area contributed by atoms with E-state index in [1.165, 1.54) is 12.1 Å². The molecule has 2 aliphatic rings. The van der Waals surface area contributed by atoms with Gasteiger partial charge in [0, 0.05) is 56.7 Å². The van der Waals surface area contributed by atoms with Crippen LogP contribution in [0.25, 0.3) is 0 Å². The fraction of sp³-hybridized carbons (Fsp3) is 0.400. The number of halogens is 3. The molecule has 1 fully saturated rings. The van der Waals surface area contributed by atoms with Gasteiger partial charge in [0.15, 0.2) is 11.5 Å². The summed E-state index contributed by atoms with van der Waals surface area (Å²) in [5.41, 5.74) is 1.01. The lowest BCUT2D eigenvalue weighted by Gasteiger charge is -2.36. The fourth-order valence-corrected chi connectivity index (χ4v) is 3.47. The topological polar surface area (TPSA) is 37.0 Å². The Labute approximate surface area is 161 Å². The number of alkyl halides is 3. The number of benzene rings is 2. The van der Waals surface area contributed by atoms with E-state index in [1.807, 2.05) is 23.1 Å². The second-order valence-corrected chi connectivity index (χ2v) is 6.87. The van der Waals surface area contributed by atoms with Gasteiger partial charge in [-0.15, -0.1) is 0 Å². The zero-order valence-corrected chi connectivity index (χ0v) is 15.3. The van der Waals surface area contributed by atoms with Gasteiger partial charge >= 0.3 is 6.18 Å². The molecule has 1 saturated heterocycles. The molecule has 28 heavy (non-hydrogen) atoms. The Hall–Kier alpha value is -2.61. The van der Waals surface area contributed by atoms with Crippen molar-refractivity contribution in [3.8, 4) is 11.5 Å². The van der Waals surface area contributed by atoms with E-state index < -0.39 is 11.7 Å². The highest BCUT2D eigenvalue weighted by Gasteiger charge is 2.31. The van der Waals surface area contributed by atoms with Crippen LogP contribution in [0.2, 0.25) is 0 Å². The van der Waals surface area contributed by atoms with Crippen LogP contribution in [0.4, 0.5) is 24.5 Å². The van der Waals surface area contributed by atoms with E-state index in [9.17, 15) is 13.2 Å². The predicted octanol–water partition coefficient (Wildman–Crippen LogP) is 3.67. The number of nitrogens with one attached hydrogen (secondary N) is 1. The van der Waals surface area contributed by atoms with Crippen LogP contribution in [0.1, 0.15) is 5.56 Å². The van der Waals surface area contributed by atoms with Gasteiger partial charge in [0.1, 0.15) is 0 Å². The smallest absolute Gasteiger partial charge is 0.416 e. The maximum Gasteiger partial charge on any atom is 0.416 e. The zero-order chi connectivity index (χ0) is 19.6. The van der Waals surface area contributed by atoms with E-state index in [4.69, 9.17) is 9.47 Å². The number of piperazine rings is 1. The van der Waals surface area contributed by atoms with Crippen molar-refractivity contribution in [2.24, 2.45) is 0 Å². The first-order chi connectivity index (χ1) is 13.5. The summed E-state index contributed by atoms with van der Waals surface area (Å²) in [5.74, 6) is 1.51. The Bertz CT molecular complexity index is 821. The van der Waals surface area contributed by atoms with Crippen LogP contribution in [0.15, 0.2) is 42.5 Å². The van der Waals surface area contributed by atoms with Crippen molar-refractivity contribution in [2.75, 3.05) is 56.3 Å². The molecule has 2 aromatic carbocycles. The number of hydrogen-bond donors (Lipinski definition) is 1. The van der Waals surface area contributed by atoms with E-state index in [1.54, 1.807) is 6.07 Å². The summed E-state index contributed by atoms with van der Waals surface area (Å²) in [6, 6.07) is 11.3. The molecule has 0 aromatic heterocycles. The van der Waals surface area contributed by atoms with E-state index in [2.05, 4.69) is 10.2 Å². The molecule has 0 unspecified atom stereocenters. The maximum atomic E-state index is 12.9. The largest absolute Gasteiger partial charge is 0.454 e. The molecule has 4 rings (SSSR count). The summed E-state index contributed by atoms with van der Waals surface area (Å²) >= 11 is 0. The van der Waals surface area contributed by atoms with Crippen LogP contribution in [0.3, 0.4) is 0 Å². The fourth-order valence-electron chi connectivity index (χ4n) is 3.47. The molecule has 0 atom stereocenters. The third-order valence-electron chi connectivity index (χ3n) is 5.04. The highest BCUT2D eigenvalue weighted by molar-refractivity contribution is 5.55. The third-order valence-corrected chi connectivity index (χ3v) is 5.04. The van der Waals surface area contributed by atoms with Gasteiger partial charge in [0.05, 0.1) is 5.56 Å². The molecular formula is C20H22F3N3O2. The number of hydrogen-bond acceptors (Lipinski definition) is 5. The summed E-state index contributed by atoms with van der Waals surface area (Å²) in [5, 5.41) is 3.37. The molecule has 150 valence electrons. The molecule has 0 bridgehead atoms. The molecule has 2 aliphatic heterocycles. The molecule has 2 aromatic rings. The molecule has 0 radical (unpaired) electrons. The zero-order valence-electron chi connectivity index (χ0n) is 15.3. The molecule has 1 N–H and O–H groups in total. The van der Waals surface area contributed by atoms with Crippen molar-refractivity contribution >= 4 is 11.4 Å². The second-order valence-electron chi connectivity index (χ2n) is 6.87. The molecule has 5 nitrogen and oxygen atoms in total. The van der Waals surface area contributed by atoms with Crippen molar-refractivity contribution in [1.82, 2.24) is 4.90 Å². The quantitative estimate of drug-likeness (QED) is 0.839. The van der Waals surface area contributed by atoms with Gasteiger partial charge in [-0.05, 0) is 30.3 Å². The van der Waals surface area contributed by atoms with Crippen LogP contribution in [0.5, 0.6) is 11.5 Å². The van der Waals surface area contributed by atoms with Crippen molar-refractivity contribution in [2.45, 2.75) is 6.18 Å². The summed E-state index contributed by atoms with van der Waals surface area (Å²) < 4.78 is 49.4. The van der Waals surface area contributed by atoms with E-state index >= 15 is 0 Å². The Morgan fingerprint density at radius 3 is 2.50 bits per heavy atom. The van der Waals surface area contributed by atoms with Crippen LogP contribution >= 0.6 is 0 Å². The number of anilines is 2. The van der Waals surface area contributed by atoms with Crippen LogP contribution in [-0.4, -0.2) is 51.0 Å². The highest BCUT2D eigenvalue weighted by atomic mass is 19.4. The van der Waals surface area contributed by atoms with Gasteiger partial charge in [-0.2, -0.15) is 13.2 Å². The summed E-state index contributed by atoms with van der Waals surface area (Å²) in [6.07, 6.45) is -4.31. The Morgan fingerprint density at radius 2 is 1.71 bits per heavy atom. The van der Waals surface area contributed by atoms with Crippen molar-refractivity contribution in [3.63, 3.8) is 0 Å². The van der Waals surface area contributed by atoms with E-state index in [-0.39, 0.29) is 6.79 Å². The Kier molecular flexibility index (Phi) is 5.21. The Balaban J connectivity index is 1.24. The molecule has 0 aliphatic carbocycles. The first-order valence-electron chi connectivity index (χ1n) is 9.27. The lowest BCUT2D eigenvalue weighted by Crippen LogP contribution is -2.47. The SMILES string of the molecule is FC(F)(F)c1cccc(N2CCN(CCNc3ccc4c(c3)OCO4)CC2)c1. The maximum absolute atomic E-state index is 12.9. The van der Waals surface area contributed by atoms with E-state index in [0.717, 1.165) is 49.4 Å². The predicted molar refractivity (Wildman–Crippen MR) is 101 cm³/mol. The monoisotopic (exact) mass is 393 g/mol. The van der Waals surface area contributed by atoms with Gasteiger partial charge in [-0.1, -0.05) is 6.07 Å². The molecule has 8 heteroatoms. The van der Waals surface area contributed by atoms with Crippen molar-refractivity contribution in [3.05, 3.63) is 48.0 Å². The first kappa shape index (κ1) is 18.7. The van der Waals surface area contributed by atoms with Gasteiger partial charge < -0.3 is 19.7 Å². The number of fused-ring (bicyclic) bond motifs is 1. The van der Waals surface area contributed by atoms with Crippen LogP contribution in [-0.2, 0) is 6.18 Å². The normalized spacial score (nSPS) is 17.0. The van der Waals surface area contributed by atoms with Crippen LogP contribution in [0, 0.1) is 0 Å². The third kappa shape index (κ3) is 4.27. The minimum atomic E-state index is -4.31. The second kappa shape index (κ2) is 7.79. The minimum absolute atomic E-state index is 0.259. The molecule has 2 heterocycles. The van der Waals surface area contributed by atoms with Crippen molar-refractivity contribution in [1.29, 1.82) is 0 Å². The van der Waals surface area contributed by atoms with Crippen molar-refractivity contribution < 1.29 is 22.6 Å². The average molecular weight is 393 g/mol. The van der Waals surface area contributed by atoms with Gasteiger partial charge in [-0.3, -0.25) is 4.90 Å². The number of ether oxygens (including phenoxy) is 2. The standard InChI is InChI=1S/C20H22F3N3O2/c21-20(22,23)15-2-1-3-17(12-15)26-10-8-25(9-11-26)7-6-24-16-4-5-18-19(13-16)28-14-27-18/h1-5,12-13,24H,6-11,14H2. The lowest BCUT2D eigenvalue weighted by atomic mass is 10.1. The Morgan fingerprint density at radius 1 is 0.929 bits per heavy atom. The average Bonchev–Trinajstić information content (AvgIpc) is 3.16. The van der Waals surface area contributed by atoms with Gasteiger partial charge in [0.25, 0.3) is 0 Å². The minimum Gasteiger partial charge on any atom is -0.454 e. The first-order valence-corrected chi connectivity index (χ1v) is 9.27. The highest BCUT2D eigenvalue weighted by Crippen LogP contribution is 2.34. The molecule has 0 saturated carbocycles. The lowest BCUT2D eigenvalue weighted by molar-refractivity contribution is -0.137. The summed E-state index contributed by atoms with van der Waals surface area (Å²) in [6.45, 7) is 4.97. The number of rotatable bonds is 5. The summed E-state index contributed by atoms with van der Waals surface area (Å²) in [4.78, 5) is 4.32. The van der Waals surface area contributed by atoms with Gasteiger partial charge in [0.2, 0.25) is 6.79 Å². The number of nitrogens with zero attached hydrogens (tertiary/aromatic N) is 2. The molecule has 0 spiro atoms. The van der Waals surface area contributed by atoms with E-state index in [0.29, 0.717) is 18.8 Å². The molecule has 0 amide bonds.